The first-order valence-corrected chi connectivity index (χ1v) is 8.50. The molecule has 0 unspecified atom stereocenters. The van der Waals surface area contributed by atoms with Gasteiger partial charge in [-0.05, 0) is 25.7 Å². The second kappa shape index (κ2) is 6.07. The average Bonchev–Trinajstić information content (AvgIpc) is 3.12. The summed E-state index contributed by atoms with van der Waals surface area (Å²) in [4.78, 5) is 52.8. The highest BCUT2D eigenvalue weighted by Crippen LogP contribution is 2.39. The predicted octanol–water partition coefficient (Wildman–Crippen LogP) is 0.659. The van der Waals surface area contributed by atoms with Crippen LogP contribution in [0.15, 0.2) is 0 Å². The summed E-state index contributed by atoms with van der Waals surface area (Å²) in [7, 11) is 1.62. The number of likely N-dealkylation sites (tertiary alicyclic amines) is 1. The van der Waals surface area contributed by atoms with E-state index in [-0.39, 0.29) is 12.5 Å². The number of aliphatic carboxylic acids is 1. The molecule has 8 nitrogen and oxygen atoms in total. The van der Waals surface area contributed by atoms with Crippen LogP contribution in [0.4, 0.5) is 4.79 Å². The summed E-state index contributed by atoms with van der Waals surface area (Å²) in [5.41, 5.74) is -0.813. The third-order valence-electron chi connectivity index (χ3n) is 5.64. The van der Waals surface area contributed by atoms with Crippen LogP contribution >= 0.6 is 0 Å². The molecule has 0 bridgehead atoms. The second-order valence-electron chi connectivity index (χ2n) is 6.91. The molecule has 1 spiro atoms. The molecular formula is C16H23N3O5. The number of imide groups is 1. The van der Waals surface area contributed by atoms with Gasteiger partial charge in [0, 0.05) is 13.6 Å². The van der Waals surface area contributed by atoms with Crippen molar-refractivity contribution in [1.82, 2.24) is 14.7 Å². The van der Waals surface area contributed by atoms with Crippen LogP contribution in [0.3, 0.4) is 0 Å². The summed E-state index contributed by atoms with van der Waals surface area (Å²) in [5.74, 6) is -1.82. The van der Waals surface area contributed by atoms with Crippen molar-refractivity contribution < 1.29 is 24.3 Å². The number of hydrogen-bond donors (Lipinski definition) is 1. The minimum absolute atomic E-state index is 0.311. The number of rotatable bonds is 3. The Morgan fingerprint density at radius 3 is 2.46 bits per heavy atom. The second-order valence-corrected chi connectivity index (χ2v) is 6.91. The quantitative estimate of drug-likeness (QED) is 0.763. The SMILES string of the molecule is CN1C(=O)N(CC(=O)N2CCC[C@@H]2C(=O)O)C(=O)C12CCCCC2. The van der Waals surface area contributed by atoms with E-state index in [1.807, 2.05) is 0 Å². The molecule has 1 aliphatic carbocycles. The van der Waals surface area contributed by atoms with Gasteiger partial charge in [0.2, 0.25) is 5.91 Å². The summed E-state index contributed by atoms with van der Waals surface area (Å²) in [6.45, 7) is -0.0134. The topological polar surface area (TPSA) is 98.2 Å². The molecule has 0 radical (unpaired) electrons. The number of urea groups is 1. The lowest BCUT2D eigenvalue weighted by Crippen LogP contribution is -2.50. The maximum atomic E-state index is 12.8. The number of carboxylic acids is 1. The number of nitrogens with zero attached hydrogens (tertiary/aromatic N) is 3. The fourth-order valence-electron chi connectivity index (χ4n) is 4.22. The van der Waals surface area contributed by atoms with Gasteiger partial charge in [-0.2, -0.15) is 0 Å². The monoisotopic (exact) mass is 337 g/mol. The molecule has 132 valence electrons. The molecule has 0 aromatic heterocycles. The largest absolute Gasteiger partial charge is 0.480 e. The van der Waals surface area contributed by atoms with Crippen molar-refractivity contribution in [3.05, 3.63) is 0 Å². The van der Waals surface area contributed by atoms with Crippen molar-refractivity contribution in [1.29, 1.82) is 0 Å². The summed E-state index contributed by atoms with van der Waals surface area (Å²) >= 11 is 0. The Kier molecular flexibility index (Phi) is 4.23. The van der Waals surface area contributed by atoms with E-state index in [1.54, 1.807) is 7.05 Å². The minimum atomic E-state index is -1.04. The molecule has 2 heterocycles. The molecule has 0 aromatic carbocycles. The molecule has 2 saturated heterocycles. The fraction of sp³-hybridized carbons (Fsp3) is 0.750. The van der Waals surface area contributed by atoms with Gasteiger partial charge in [-0.3, -0.25) is 14.5 Å². The highest BCUT2D eigenvalue weighted by Gasteiger charge is 2.56. The molecule has 1 N–H and O–H groups in total. The number of amides is 4. The lowest BCUT2D eigenvalue weighted by Gasteiger charge is -2.35. The van der Waals surface area contributed by atoms with Gasteiger partial charge < -0.3 is 14.9 Å². The standard InChI is InChI=1S/C16H23N3O5/c1-17-15(24)19(14(23)16(17)7-3-2-4-8-16)10-12(20)18-9-5-6-11(18)13(21)22/h11H,2-10H2,1H3,(H,21,22)/t11-/m1/s1. The average molecular weight is 337 g/mol. The molecule has 3 aliphatic rings. The minimum Gasteiger partial charge on any atom is -0.480 e. The van der Waals surface area contributed by atoms with Gasteiger partial charge in [0.05, 0.1) is 0 Å². The van der Waals surface area contributed by atoms with Crippen LogP contribution in [0.1, 0.15) is 44.9 Å². The molecule has 4 amide bonds. The molecule has 1 atom stereocenters. The summed E-state index contributed by atoms with van der Waals surface area (Å²) in [6, 6.07) is -1.31. The Bertz CT molecular complexity index is 584. The van der Waals surface area contributed by atoms with E-state index in [4.69, 9.17) is 0 Å². The smallest absolute Gasteiger partial charge is 0.327 e. The number of likely N-dealkylation sites (N-methyl/N-ethyl adjacent to an activating group) is 1. The lowest BCUT2D eigenvalue weighted by molar-refractivity contribution is -0.149. The van der Waals surface area contributed by atoms with E-state index < -0.39 is 29.5 Å². The molecular weight excluding hydrogens is 314 g/mol. The van der Waals surface area contributed by atoms with Crippen molar-refractivity contribution in [2.24, 2.45) is 0 Å². The Morgan fingerprint density at radius 2 is 1.83 bits per heavy atom. The van der Waals surface area contributed by atoms with E-state index in [2.05, 4.69) is 0 Å². The number of carbonyl (C=O) groups is 4. The number of carboxylic acid groups (broad SMARTS) is 1. The van der Waals surface area contributed by atoms with E-state index in [9.17, 15) is 24.3 Å². The normalized spacial score (nSPS) is 26.5. The maximum absolute atomic E-state index is 12.8. The third kappa shape index (κ3) is 2.44. The molecule has 24 heavy (non-hydrogen) atoms. The Labute approximate surface area is 140 Å². The summed E-state index contributed by atoms with van der Waals surface area (Å²) in [6.07, 6.45) is 5.10. The van der Waals surface area contributed by atoms with Crippen molar-refractivity contribution in [3.8, 4) is 0 Å². The molecule has 3 fully saturated rings. The maximum Gasteiger partial charge on any atom is 0.327 e. The van der Waals surface area contributed by atoms with Crippen LogP contribution in [0.2, 0.25) is 0 Å². The van der Waals surface area contributed by atoms with Crippen molar-refractivity contribution in [2.45, 2.75) is 56.5 Å². The first kappa shape index (κ1) is 16.7. The van der Waals surface area contributed by atoms with Crippen LogP contribution in [0.5, 0.6) is 0 Å². The highest BCUT2D eigenvalue weighted by molar-refractivity contribution is 6.09. The third-order valence-corrected chi connectivity index (χ3v) is 5.64. The van der Waals surface area contributed by atoms with Gasteiger partial charge in [-0.15, -0.1) is 0 Å². The van der Waals surface area contributed by atoms with Crippen LogP contribution in [0, 0.1) is 0 Å². The van der Waals surface area contributed by atoms with E-state index in [1.165, 1.54) is 9.80 Å². The summed E-state index contributed by atoms with van der Waals surface area (Å²) in [5, 5.41) is 9.19. The predicted molar refractivity (Wildman–Crippen MR) is 83.1 cm³/mol. The molecule has 3 rings (SSSR count). The fourth-order valence-corrected chi connectivity index (χ4v) is 4.22. The molecule has 8 heteroatoms. The van der Waals surface area contributed by atoms with Crippen LogP contribution in [0.25, 0.3) is 0 Å². The van der Waals surface area contributed by atoms with Crippen LogP contribution in [-0.4, -0.2) is 75.3 Å². The Morgan fingerprint density at radius 1 is 1.17 bits per heavy atom. The molecule has 1 saturated carbocycles. The van der Waals surface area contributed by atoms with Crippen LogP contribution < -0.4 is 0 Å². The molecule has 2 aliphatic heterocycles. The Hall–Kier alpha value is -2.12. The Balaban J connectivity index is 1.75. The van der Waals surface area contributed by atoms with Crippen LogP contribution in [-0.2, 0) is 14.4 Å². The van der Waals surface area contributed by atoms with Gasteiger partial charge in [-0.1, -0.05) is 19.3 Å². The van der Waals surface area contributed by atoms with Crippen molar-refractivity contribution >= 4 is 23.8 Å². The van der Waals surface area contributed by atoms with Gasteiger partial charge >= 0.3 is 12.0 Å². The van der Waals surface area contributed by atoms with Gasteiger partial charge in [-0.25, -0.2) is 9.59 Å². The lowest BCUT2D eigenvalue weighted by atomic mass is 9.81. The zero-order chi connectivity index (χ0) is 17.5. The molecule has 0 aromatic rings. The van der Waals surface area contributed by atoms with E-state index >= 15 is 0 Å². The van der Waals surface area contributed by atoms with Gasteiger partial charge in [0.25, 0.3) is 5.91 Å². The first-order valence-electron chi connectivity index (χ1n) is 8.50. The van der Waals surface area contributed by atoms with Gasteiger partial charge in [0.1, 0.15) is 18.1 Å². The van der Waals surface area contributed by atoms with Crippen molar-refractivity contribution in [2.75, 3.05) is 20.1 Å². The first-order chi connectivity index (χ1) is 11.4. The highest BCUT2D eigenvalue weighted by atomic mass is 16.4. The number of carbonyl (C=O) groups excluding carboxylic acids is 3. The zero-order valence-electron chi connectivity index (χ0n) is 13.9. The summed E-state index contributed by atoms with van der Waals surface area (Å²) < 4.78 is 0. The van der Waals surface area contributed by atoms with Crippen molar-refractivity contribution in [3.63, 3.8) is 0 Å². The van der Waals surface area contributed by atoms with E-state index in [0.29, 0.717) is 32.2 Å². The number of hydrogen-bond acceptors (Lipinski definition) is 4. The van der Waals surface area contributed by atoms with E-state index in [0.717, 1.165) is 24.2 Å². The zero-order valence-corrected chi connectivity index (χ0v) is 13.9. The van der Waals surface area contributed by atoms with Gasteiger partial charge in [0.15, 0.2) is 0 Å².